The first-order valence-electron chi connectivity index (χ1n) is 8.08. The van der Waals surface area contributed by atoms with Crippen LogP contribution >= 0.6 is 0 Å². The lowest BCUT2D eigenvalue weighted by molar-refractivity contribution is -0.144. The zero-order valence-corrected chi connectivity index (χ0v) is 14.0. The van der Waals surface area contributed by atoms with Crippen molar-refractivity contribution in [3.05, 3.63) is 48.0 Å². The molecular weight excluding hydrogens is 333 g/mol. The molecule has 0 spiro atoms. The second-order valence-electron chi connectivity index (χ2n) is 6.25. The predicted octanol–water partition coefficient (Wildman–Crippen LogP) is 3.29. The van der Waals surface area contributed by atoms with Gasteiger partial charge in [-0.05, 0) is 49.5 Å². The Kier molecular flexibility index (Phi) is 5.87. The Morgan fingerprint density at radius 3 is 2.40 bits per heavy atom. The predicted molar refractivity (Wildman–Crippen MR) is 87.8 cm³/mol. The van der Waals surface area contributed by atoms with E-state index in [0.717, 1.165) is 29.4 Å². The van der Waals surface area contributed by atoms with E-state index >= 15 is 0 Å². The van der Waals surface area contributed by atoms with E-state index in [4.69, 9.17) is 0 Å². The van der Waals surface area contributed by atoms with Gasteiger partial charge in [0.25, 0.3) is 5.91 Å². The number of benzene rings is 1. The molecule has 0 saturated heterocycles. The number of carbonyl (C=O) groups excluding carboxylic acids is 2. The molecule has 1 unspecified atom stereocenters. The molecular formula is C18H21F3N2O2. The molecule has 7 heteroatoms. The normalized spacial score (nSPS) is 15.4. The summed E-state index contributed by atoms with van der Waals surface area (Å²) in [7, 11) is 0. The van der Waals surface area contributed by atoms with Crippen LogP contribution in [0, 0.1) is 5.92 Å². The topological polar surface area (TPSA) is 49.4 Å². The first kappa shape index (κ1) is 19.0. The zero-order valence-electron chi connectivity index (χ0n) is 14.0. The summed E-state index contributed by atoms with van der Waals surface area (Å²) in [4.78, 5) is 24.6. The van der Waals surface area contributed by atoms with Crippen LogP contribution in [0.4, 0.5) is 13.2 Å². The van der Waals surface area contributed by atoms with Crippen molar-refractivity contribution in [2.24, 2.45) is 5.92 Å². The number of carbonyl (C=O) groups is 2. The van der Waals surface area contributed by atoms with Gasteiger partial charge in [-0.15, -0.1) is 0 Å². The third-order valence-corrected chi connectivity index (χ3v) is 4.26. The van der Waals surface area contributed by atoms with E-state index in [1.807, 2.05) is 0 Å². The van der Waals surface area contributed by atoms with Crippen LogP contribution in [-0.4, -0.2) is 35.5 Å². The van der Waals surface area contributed by atoms with Gasteiger partial charge in [0.05, 0.1) is 0 Å². The van der Waals surface area contributed by atoms with E-state index in [2.05, 4.69) is 11.9 Å². The first-order valence-corrected chi connectivity index (χ1v) is 8.08. The Labute approximate surface area is 144 Å². The molecule has 0 radical (unpaired) electrons. The fraction of sp³-hybridized carbons (Fsp3) is 0.444. The molecule has 1 aromatic carbocycles. The van der Waals surface area contributed by atoms with Gasteiger partial charge >= 0.3 is 6.18 Å². The first-order chi connectivity index (χ1) is 11.7. The lowest BCUT2D eigenvalue weighted by Crippen LogP contribution is -2.45. The number of nitrogens with one attached hydrogen (secondary N) is 1. The number of rotatable bonds is 7. The zero-order chi connectivity index (χ0) is 18.6. The quantitative estimate of drug-likeness (QED) is 0.764. The van der Waals surface area contributed by atoms with Crippen LogP contribution in [0.1, 0.15) is 35.7 Å². The van der Waals surface area contributed by atoms with Crippen molar-refractivity contribution in [3.8, 4) is 0 Å². The highest BCUT2D eigenvalue weighted by Crippen LogP contribution is 2.36. The van der Waals surface area contributed by atoms with Gasteiger partial charge in [-0.3, -0.25) is 9.59 Å². The number of alkyl halides is 3. The maximum Gasteiger partial charge on any atom is 0.406 e. The van der Waals surface area contributed by atoms with Crippen LogP contribution in [-0.2, 0) is 11.3 Å². The highest BCUT2D eigenvalue weighted by molar-refractivity contribution is 5.94. The Morgan fingerprint density at radius 2 is 1.92 bits per heavy atom. The standard InChI is InChI=1S/C18H21F3N2O2/c1-3-16(24)22-10-13-4-6-15(7-5-13)17(25)23(11-18(19,20)21)12(2)14-8-9-14/h3-7,12,14H,1,8-11H2,2H3,(H,22,24). The van der Waals surface area contributed by atoms with Gasteiger partial charge < -0.3 is 10.2 Å². The molecule has 2 rings (SSSR count). The third kappa shape index (κ3) is 5.62. The molecule has 0 aliphatic heterocycles. The molecule has 1 atom stereocenters. The number of halogens is 3. The lowest BCUT2D eigenvalue weighted by atomic mass is 10.1. The van der Waals surface area contributed by atoms with Crippen molar-refractivity contribution < 1.29 is 22.8 Å². The molecule has 1 fully saturated rings. The van der Waals surface area contributed by atoms with Gasteiger partial charge in [-0.1, -0.05) is 18.7 Å². The molecule has 1 aromatic rings. The monoisotopic (exact) mass is 354 g/mol. The fourth-order valence-electron chi connectivity index (χ4n) is 2.62. The maximum atomic E-state index is 12.9. The maximum absolute atomic E-state index is 12.9. The molecule has 25 heavy (non-hydrogen) atoms. The minimum absolute atomic E-state index is 0.139. The molecule has 1 N–H and O–H groups in total. The van der Waals surface area contributed by atoms with Crippen LogP contribution in [0.3, 0.4) is 0 Å². The summed E-state index contributed by atoms with van der Waals surface area (Å²) in [5.74, 6) is -0.812. The molecule has 0 bridgehead atoms. The van der Waals surface area contributed by atoms with Crippen molar-refractivity contribution in [2.45, 2.75) is 38.5 Å². The minimum atomic E-state index is -4.44. The number of nitrogens with zero attached hydrogens (tertiary/aromatic N) is 1. The summed E-state index contributed by atoms with van der Waals surface area (Å²) in [5.41, 5.74) is 0.944. The molecule has 4 nitrogen and oxygen atoms in total. The van der Waals surface area contributed by atoms with Crippen LogP contribution in [0.5, 0.6) is 0 Å². The lowest BCUT2D eigenvalue weighted by Gasteiger charge is -2.30. The van der Waals surface area contributed by atoms with Crippen molar-refractivity contribution >= 4 is 11.8 Å². The highest BCUT2D eigenvalue weighted by atomic mass is 19.4. The number of hydrogen-bond donors (Lipinski definition) is 1. The minimum Gasteiger partial charge on any atom is -0.348 e. The summed E-state index contributed by atoms with van der Waals surface area (Å²) in [6.07, 6.45) is -1.59. The molecule has 1 saturated carbocycles. The molecule has 1 aliphatic rings. The van der Waals surface area contributed by atoms with Crippen LogP contribution in [0.25, 0.3) is 0 Å². The summed E-state index contributed by atoms with van der Waals surface area (Å²) in [6.45, 7) is 4.01. The van der Waals surface area contributed by atoms with Gasteiger partial charge in [-0.2, -0.15) is 13.2 Å². The van der Waals surface area contributed by atoms with Crippen molar-refractivity contribution in [1.29, 1.82) is 0 Å². The van der Waals surface area contributed by atoms with E-state index in [0.29, 0.717) is 0 Å². The van der Waals surface area contributed by atoms with E-state index < -0.39 is 24.7 Å². The van der Waals surface area contributed by atoms with Gasteiger partial charge in [0.2, 0.25) is 5.91 Å². The molecule has 0 heterocycles. The summed E-state index contributed by atoms with van der Waals surface area (Å²) >= 11 is 0. The van der Waals surface area contributed by atoms with Crippen LogP contribution in [0.2, 0.25) is 0 Å². The molecule has 0 aromatic heterocycles. The van der Waals surface area contributed by atoms with E-state index in [1.54, 1.807) is 19.1 Å². The van der Waals surface area contributed by atoms with E-state index in [-0.39, 0.29) is 23.9 Å². The second kappa shape index (κ2) is 7.72. The number of amides is 2. The summed E-state index contributed by atoms with van der Waals surface area (Å²) in [6, 6.07) is 5.76. The van der Waals surface area contributed by atoms with Crippen LogP contribution < -0.4 is 5.32 Å². The largest absolute Gasteiger partial charge is 0.406 e. The Bertz CT molecular complexity index is 637. The van der Waals surface area contributed by atoms with Gasteiger partial charge in [0, 0.05) is 18.2 Å². The smallest absolute Gasteiger partial charge is 0.348 e. The highest BCUT2D eigenvalue weighted by Gasteiger charge is 2.40. The van der Waals surface area contributed by atoms with Gasteiger partial charge in [0.1, 0.15) is 6.54 Å². The Hall–Kier alpha value is -2.31. The average Bonchev–Trinajstić information content (AvgIpc) is 3.41. The third-order valence-electron chi connectivity index (χ3n) is 4.26. The molecule has 136 valence electrons. The van der Waals surface area contributed by atoms with Gasteiger partial charge in [0.15, 0.2) is 0 Å². The van der Waals surface area contributed by atoms with Crippen molar-refractivity contribution in [1.82, 2.24) is 10.2 Å². The van der Waals surface area contributed by atoms with Crippen molar-refractivity contribution in [3.63, 3.8) is 0 Å². The van der Waals surface area contributed by atoms with Gasteiger partial charge in [-0.25, -0.2) is 0 Å². The second-order valence-corrected chi connectivity index (χ2v) is 6.25. The Morgan fingerprint density at radius 1 is 1.32 bits per heavy atom. The average molecular weight is 354 g/mol. The summed E-state index contributed by atoms with van der Waals surface area (Å²) in [5, 5.41) is 2.59. The summed E-state index contributed by atoms with van der Waals surface area (Å²) < 4.78 is 38.6. The molecule has 1 aliphatic carbocycles. The van der Waals surface area contributed by atoms with E-state index in [1.165, 1.54) is 12.1 Å². The van der Waals surface area contributed by atoms with Crippen LogP contribution in [0.15, 0.2) is 36.9 Å². The fourth-order valence-corrected chi connectivity index (χ4v) is 2.62. The SMILES string of the molecule is C=CC(=O)NCc1ccc(C(=O)N(CC(F)(F)F)C(C)C2CC2)cc1. The Balaban J connectivity index is 2.09. The van der Waals surface area contributed by atoms with Crippen molar-refractivity contribution in [2.75, 3.05) is 6.54 Å². The molecule has 2 amide bonds. The number of hydrogen-bond acceptors (Lipinski definition) is 2. The van der Waals surface area contributed by atoms with E-state index in [9.17, 15) is 22.8 Å².